The second kappa shape index (κ2) is 5.31. The SMILES string of the molecule is Cc1noc(NC(=O)N2CCOc3ccc(O)cc3C2)n1. The van der Waals surface area contributed by atoms with Crippen molar-refractivity contribution in [3.63, 3.8) is 0 Å². The van der Waals surface area contributed by atoms with Crippen molar-refractivity contribution in [2.75, 3.05) is 18.5 Å². The summed E-state index contributed by atoms with van der Waals surface area (Å²) in [5.74, 6) is 1.24. The van der Waals surface area contributed by atoms with Gasteiger partial charge >= 0.3 is 12.0 Å². The molecule has 0 saturated heterocycles. The van der Waals surface area contributed by atoms with Gasteiger partial charge in [-0.25, -0.2) is 4.79 Å². The number of anilines is 1. The number of aromatic nitrogens is 2. The first-order valence-corrected chi connectivity index (χ1v) is 6.43. The van der Waals surface area contributed by atoms with E-state index < -0.39 is 0 Å². The number of aromatic hydroxyl groups is 1. The number of rotatable bonds is 1. The number of amides is 2. The molecule has 2 heterocycles. The van der Waals surface area contributed by atoms with Crippen molar-refractivity contribution in [1.82, 2.24) is 15.0 Å². The Labute approximate surface area is 120 Å². The molecule has 0 fully saturated rings. The van der Waals surface area contributed by atoms with Crippen molar-refractivity contribution >= 4 is 12.0 Å². The molecule has 0 spiro atoms. The lowest BCUT2D eigenvalue weighted by Crippen LogP contribution is -2.36. The largest absolute Gasteiger partial charge is 0.508 e. The fourth-order valence-corrected chi connectivity index (χ4v) is 2.07. The molecular formula is C13H14N4O4. The molecule has 0 atom stereocenters. The molecule has 1 aliphatic rings. The summed E-state index contributed by atoms with van der Waals surface area (Å²) in [5, 5.41) is 15.7. The molecular weight excluding hydrogens is 276 g/mol. The summed E-state index contributed by atoms with van der Waals surface area (Å²) in [5.41, 5.74) is 0.740. The standard InChI is InChI=1S/C13H14N4O4/c1-8-14-12(21-16-8)15-13(19)17-4-5-20-11-3-2-10(18)6-9(11)7-17/h2-3,6,18H,4-5,7H2,1H3,(H,14,15,16,19). The van der Waals surface area contributed by atoms with Gasteiger partial charge in [0.2, 0.25) is 0 Å². The maximum atomic E-state index is 12.2. The molecule has 3 rings (SSSR count). The second-order valence-electron chi connectivity index (χ2n) is 4.64. The monoisotopic (exact) mass is 290 g/mol. The van der Waals surface area contributed by atoms with E-state index in [-0.39, 0.29) is 17.8 Å². The minimum Gasteiger partial charge on any atom is -0.508 e. The van der Waals surface area contributed by atoms with E-state index >= 15 is 0 Å². The summed E-state index contributed by atoms with van der Waals surface area (Å²) in [6.07, 6.45) is 0. The molecule has 2 N–H and O–H groups in total. The molecule has 0 bridgehead atoms. The zero-order chi connectivity index (χ0) is 14.8. The Morgan fingerprint density at radius 1 is 1.48 bits per heavy atom. The number of phenolic OH excluding ortho intramolecular Hbond substituents is 1. The molecule has 2 amide bonds. The lowest BCUT2D eigenvalue weighted by molar-refractivity contribution is 0.199. The van der Waals surface area contributed by atoms with Crippen LogP contribution in [0.5, 0.6) is 11.5 Å². The van der Waals surface area contributed by atoms with E-state index in [0.29, 0.717) is 31.3 Å². The van der Waals surface area contributed by atoms with Crippen molar-refractivity contribution in [1.29, 1.82) is 0 Å². The first-order valence-electron chi connectivity index (χ1n) is 6.43. The summed E-state index contributed by atoms with van der Waals surface area (Å²) < 4.78 is 10.4. The molecule has 21 heavy (non-hydrogen) atoms. The molecule has 1 aromatic heterocycles. The predicted octanol–water partition coefficient (Wildman–Crippen LogP) is 1.51. The molecule has 110 valence electrons. The van der Waals surface area contributed by atoms with Crippen LogP contribution in [0.4, 0.5) is 10.8 Å². The second-order valence-corrected chi connectivity index (χ2v) is 4.64. The zero-order valence-corrected chi connectivity index (χ0v) is 11.4. The number of nitrogens with one attached hydrogen (secondary N) is 1. The molecule has 0 aliphatic carbocycles. The van der Waals surface area contributed by atoms with Gasteiger partial charge in [-0.15, -0.1) is 0 Å². The van der Waals surface area contributed by atoms with Gasteiger partial charge in [-0.2, -0.15) is 4.98 Å². The summed E-state index contributed by atoms with van der Waals surface area (Å²) in [6.45, 7) is 2.77. The molecule has 0 unspecified atom stereocenters. The zero-order valence-electron chi connectivity index (χ0n) is 11.4. The Bertz CT molecular complexity index is 670. The number of carbonyl (C=O) groups is 1. The average molecular weight is 290 g/mol. The number of carbonyl (C=O) groups excluding carboxylic acids is 1. The van der Waals surface area contributed by atoms with E-state index in [2.05, 4.69) is 15.5 Å². The molecule has 8 nitrogen and oxygen atoms in total. The van der Waals surface area contributed by atoms with Gasteiger partial charge in [0.25, 0.3) is 0 Å². The first-order chi connectivity index (χ1) is 10.1. The van der Waals surface area contributed by atoms with E-state index in [1.165, 1.54) is 0 Å². The molecule has 2 aromatic rings. The Morgan fingerprint density at radius 2 is 2.33 bits per heavy atom. The van der Waals surface area contributed by atoms with Gasteiger partial charge in [0.1, 0.15) is 18.1 Å². The summed E-state index contributed by atoms with van der Waals surface area (Å²) in [7, 11) is 0. The number of hydrogen-bond donors (Lipinski definition) is 2. The number of hydrogen-bond acceptors (Lipinski definition) is 6. The normalized spacial score (nSPS) is 14.0. The van der Waals surface area contributed by atoms with E-state index in [1.54, 1.807) is 30.0 Å². The smallest absolute Gasteiger partial charge is 0.329 e. The highest BCUT2D eigenvalue weighted by Crippen LogP contribution is 2.27. The summed E-state index contributed by atoms with van der Waals surface area (Å²) in [4.78, 5) is 17.7. The highest BCUT2D eigenvalue weighted by molar-refractivity contribution is 5.87. The summed E-state index contributed by atoms with van der Waals surface area (Å²) >= 11 is 0. The van der Waals surface area contributed by atoms with Crippen LogP contribution in [0.1, 0.15) is 11.4 Å². The van der Waals surface area contributed by atoms with Crippen LogP contribution in [0.3, 0.4) is 0 Å². The fourth-order valence-electron chi connectivity index (χ4n) is 2.07. The predicted molar refractivity (Wildman–Crippen MR) is 72.1 cm³/mol. The molecule has 1 aliphatic heterocycles. The first kappa shape index (κ1) is 13.2. The van der Waals surface area contributed by atoms with Crippen LogP contribution >= 0.6 is 0 Å². The topological polar surface area (TPSA) is 101 Å². The van der Waals surface area contributed by atoms with Crippen LogP contribution in [0.15, 0.2) is 22.7 Å². The molecule has 8 heteroatoms. The van der Waals surface area contributed by atoms with E-state index in [0.717, 1.165) is 5.56 Å². The Kier molecular flexibility index (Phi) is 3.35. The van der Waals surface area contributed by atoms with Crippen LogP contribution in [-0.4, -0.2) is 39.3 Å². The molecule has 0 radical (unpaired) electrons. The maximum Gasteiger partial charge on any atom is 0.329 e. The van der Waals surface area contributed by atoms with Gasteiger partial charge < -0.3 is 19.3 Å². The quantitative estimate of drug-likeness (QED) is 0.825. The van der Waals surface area contributed by atoms with Gasteiger partial charge in [-0.3, -0.25) is 5.32 Å². The van der Waals surface area contributed by atoms with Crippen molar-refractivity contribution in [2.45, 2.75) is 13.5 Å². The minimum absolute atomic E-state index is 0.0544. The van der Waals surface area contributed by atoms with Gasteiger partial charge in [-0.05, 0) is 25.1 Å². The minimum atomic E-state index is -0.363. The lowest BCUT2D eigenvalue weighted by atomic mass is 10.2. The van der Waals surface area contributed by atoms with E-state index in [1.807, 2.05) is 0 Å². The number of aryl methyl sites for hydroxylation is 1. The highest BCUT2D eigenvalue weighted by Gasteiger charge is 2.21. The van der Waals surface area contributed by atoms with Crippen molar-refractivity contribution in [2.24, 2.45) is 0 Å². The lowest BCUT2D eigenvalue weighted by Gasteiger charge is -2.18. The van der Waals surface area contributed by atoms with Crippen molar-refractivity contribution in [3.05, 3.63) is 29.6 Å². The van der Waals surface area contributed by atoms with Gasteiger partial charge in [-0.1, -0.05) is 5.16 Å². The van der Waals surface area contributed by atoms with Gasteiger partial charge in [0.15, 0.2) is 5.82 Å². The Hall–Kier alpha value is -2.77. The van der Waals surface area contributed by atoms with Crippen molar-refractivity contribution in [3.8, 4) is 11.5 Å². The van der Waals surface area contributed by atoms with Crippen LogP contribution < -0.4 is 10.1 Å². The Balaban J connectivity index is 1.75. The average Bonchev–Trinajstić information content (AvgIpc) is 2.73. The van der Waals surface area contributed by atoms with Gasteiger partial charge in [0.05, 0.1) is 13.1 Å². The molecule has 1 aromatic carbocycles. The van der Waals surface area contributed by atoms with Crippen LogP contribution in [0, 0.1) is 6.92 Å². The van der Waals surface area contributed by atoms with Crippen LogP contribution in [-0.2, 0) is 6.54 Å². The van der Waals surface area contributed by atoms with E-state index in [4.69, 9.17) is 9.26 Å². The van der Waals surface area contributed by atoms with Crippen LogP contribution in [0.25, 0.3) is 0 Å². The number of ether oxygens (including phenoxy) is 1. The third-order valence-electron chi connectivity index (χ3n) is 3.05. The number of phenols is 1. The number of benzene rings is 1. The van der Waals surface area contributed by atoms with Crippen LogP contribution in [0.2, 0.25) is 0 Å². The Morgan fingerprint density at radius 3 is 3.10 bits per heavy atom. The number of fused-ring (bicyclic) bond motifs is 1. The summed E-state index contributed by atoms with van der Waals surface area (Å²) in [6, 6.07) is 4.51. The third-order valence-corrected chi connectivity index (χ3v) is 3.05. The third kappa shape index (κ3) is 2.88. The number of nitrogens with zero attached hydrogens (tertiary/aromatic N) is 3. The van der Waals surface area contributed by atoms with Gasteiger partial charge in [0, 0.05) is 5.56 Å². The molecule has 0 saturated carbocycles. The highest BCUT2D eigenvalue weighted by atomic mass is 16.5. The maximum absolute atomic E-state index is 12.2. The van der Waals surface area contributed by atoms with Crippen molar-refractivity contribution < 1.29 is 19.2 Å². The number of urea groups is 1. The van der Waals surface area contributed by atoms with E-state index in [9.17, 15) is 9.90 Å². The fraction of sp³-hybridized carbons (Fsp3) is 0.308.